The van der Waals surface area contributed by atoms with E-state index in [2.05, 4.69) is 25.4 Å². The normalized spacial score (nSPS) is 12.3. The van der Waals surface area contributed by atoms with Gasteiger partial charge in [-0.15, -0.1) is 0 Å². The largest absolute Gasteiger partial charge is 0.417 e. The number of nitrogens with one attached hydrogen (secondary N) is 2. The van der Waals surface area contributed by atoms with Gasteiger partial charge in [-0.05, 0) is 24.3 Å². The first kappa shape index (κ1) is 21.3. The molecule has 0 aliphatic rings. The molecule has 0 saturated heterocycles. The van der Waals surface area contributed by atoms with Crippen molar-refractivity contribution in [3.63, 3.8) is 0 Å². The number of halogens is 6. The highest BCUT2D eigenvalue weighted by molar-refractivity contribution is 6.02. The van der Waals surface area contributed by atoms with E-state index < -0.39 is 35.0 Å². The number of alkyl halides is 6. The van der Waals surface area contributed by atoms with Crippen molar-refractivity contribution < 1.29 is 31.1 Å². The van der Waals surface area contributed by atoms with E-state index in [1.54, 1.807) is 0 Å². The van der Waals surface area contributed by atoms with E-state index >= 15 is 0 Å². The van der Waals surface area contributed by atoms with Gasteiger partial charge in [-0.25, -0.2) is 14.6 Å². The molecule has 0 atom stereocenters. The molecule has 0 spiro atoms. The number of carbonyl (C=O) groups excluding carboxylic acids is 1. The molecule has 3 heterocycles. The third-order valence-corrected chi connectivity index (χ3v) is 4.60. The van der Waals surface area contributed by atoms with Gasteiger partial charge >= 0.3 is 12.4 Å². The van der Waals surface area contributed by atoms with Crippen molar-refractivity contribution in [3.8, 4) is 11.3 Å². The second kappa shape index (κ2) is 7.35. The van der Waals surface area contributed by atoms with Gasteiger partial charge < -0.3 is 10.3 Å². The molecule has 4 rings (SSSR count). The molecule has 3 aromatic heterocycles. The highest BCUT2D eigenvalue weighted by Gasteiger charge is 2.37. The maximum Gasteiger partial charge on any atom is 0.417 e. The SMILES string of the molecule is Cn1ncnc1C(=O)Nc1cc2[nH]c(-c3cc(C(F)(F)F)ccc3C(F)(F)F)cc2cn1. The lowest BCUT2D eigenvalue weighted by Crippen LogP contribution is -2.18. The predicted molar refractivity (Wildman–Crippen MR) is 100 cm³/mol. The number of rotatable bonds is 3. The number of benzene rings is 1. The Kier molecular flexibility index (Phi) is 4.90. The van der Waals surface area contributed by atoms with Crippen LogP contribution < -0.4 is 5.32 Å². The van der Waals surface area contributed by atoms with E-state index in [-0.39, 0.29) is 22.9 Å². The maximum absolute atomic E-state index is 13.4. The fourth-order valence-corrected chi connectivity index (χ4v) is 3.10. The Morgan fingerprint density at radius 2 is 1.78 bits per heavy atom. The molecule has 1 amide bonds. The molecule has 0 bridgehead atoms. The Hall–Kier alpha value is -3.90. The van der Waals surface area contributed by atoms with Crippen molar-refractivity contribution in [3.05, 3.63) is 59.8 Å². The summed E-state index contributed by atoms with van der Waals surface area (Å²) in [5.74, 6) is -0.572. The number of aromatic amines is 1. The van der Waals surface area contributed by atoms with Crippen molar-refractivity contribution in [1.29, 1.82) is 0 Å². The molecule has 32 heavy (non-hydrogen) atoms. The molecule has 0 radical (unpaired) electrons. The summed E-state index contributed by atoms with van der Waals surface area (Å²) in [5.41, 5.74) is -3.02. The molecule has 2 N–H and O–H groups in total. The van der Waals surface area contributed by atoms with Crippen LogP contribution in [0.2, 0.25) is 0 Å². The lowest BCUT2D eigenvalue weighted by Gasteiger charge is -2.15. The van der Waals surface area contributed by atoms with E-state index in [1.165, 1.54) is 36.4 Å². The van der Waals surface area contributed by atoms with Crippen LogP contribution in [0.3, 0.4) is 0 Å². The quantitative estimate of drug-likeness (QED) is 0.441. The zero-order chi connectivity index (χ0) is 23.3. The first-order chi connectivity index (χ1) is 14.9. The van der Waals surface area contributed by atoms with Crippen LogP contribution in [0.1, 0.15) is 21.7 Å². The molecule has 0 saturated carbocycles. The molecule has 0 unspecified atom stereocenters. The van der Waals surface area contributed by atoms with Gasteiger partial charge in [-0.1, -0.05) is 0 Å². The Bertz CT molecular complexity index is 1320. The van der Waals surface area contributed by atoms with Gasteiger partial charge in [-0.2, -0.15) is 31.4 Å². The highest BCUT2D eigenvalue weighted by atomic mass is 19.4. The Morgan fingerprint density at radius 3 is 2.41 bits per heavy atom. The Labute approximate surface area is 175 Å². The second-order valence-electron chi connectivity index (χ2n) is 6.76. The van der Waals surface area contributed by atoms with Gasteiger partial charge in [-0.3, -0.25) is 4.79 Å². The average molecular weight is 454 g/mol. The van der Waals surface area contributed by atoms with E-state index in [9.17, 15) is 31.1 Å². The van der Waals surface area contributed by atoms with Crippen LogP contribution in [0, 0.1) is 0 Å². The minimum Gasteiger partial charge on any atom is -0.354 e. The molecule has 0 aliphatic carbocycles. The molecule has 166 valence electrons. The van der Waals surface area contributed by atoms with Crippen molar-refractivity contribution >= 4 is 22.6 Å². The molecular formula is C19H12F6N6O. The fourth-order valence-electron chi connectivity index (χ4n) is 3.10. The molecule has 7 nitrogen and oxygen atoms in total. The molecule has 0 fully saturated rings. The van der Waals surface area contributed by atoms with E-state index in [0.717, 1.165) is 0 Å². The number of aromatic nitrogens is 5. The van der Waals surface area contributed by atoms with Gasteiger partial charge in [0.2, 0.25) is 5.82 Å². The molecule has 4 aromatic rings. The minimum absolute atomic E-state index is 0.00198. The second-order valence-corrected chi connectivity index (χ2v) is 6.76. The van der Waals surface area contributed by atoms with Gasteiger partial charge in [0.25, 0.3) is 5.91 Å². The lowest BCUT2D eigenvalue weighted by atomic mass is 10.0. The minimum atomic E-state index is -4.87. The number of carbonyl (C=O) groups is 1. The van der Waals surface area contributed by atoms with Crippen LogP contribution in [-0.4, -0.2) is 30.6 Å². The van der Waals surface area contributed by atoms with Crippen molar-refractivity contribution in [2.24, 2.45) is 7.05 Å². The van der Waals surface area contributed by atoms with Crippen molar-refractivity contribution in [1.82, 2.24) is 24.7 Å². The monoisotopic (exact) mass is 454 g/mol. The standard InChI is InChI=1S/C19H12F6N6O/c1-31-16(27-8-28-31)17(32)30-15-6-13-9(7-26-15)4-14(29-13)11-5-10(18(20,21)22)2-3-12(11)19(23,24)25/h2-8,29H,1H3,(H,26,30,32). The summed E-state index contributed by atoms with van der Waals surface area (Å²) in [6, 6.07) is 3.82. The number of anilines is 1. The van der Waals surface area contributed by atoms with E-state index in [4.69, 9.17) is 0 Å². The maximum atomic E-state index is 13.4. The number of hydrogen-bond acceptors (Lipinski definition) is 4. The topological polar surface area (TPSA) is 88.5 Å². The lowest BCUT2D eigenvalue weighted by molar-refractivity contribution is -0.141. The van der Waals surface area contributed by atoms with Crippen molar-refractivity contribution in [2.45, 2.75) is 12.4 Å². The van der Waals surface area contributed by atoms with Crippen LogP contribution in [0.25, 0.3) is 22.2 Å². The van der Waals surface area contributed by atoms with Crippen LogP contribution in [0.5, 0.6) is 0 Å². The Morgan fingerprint density at radius 1 is 1.03 bits per heavy atom. The summed E-state index contributed by atoms with van der Waals surface area (Å²) < 4.78 is 80.8. The van der Waals surface area contributed by atoms with Crippen LogP contribution in [-0.2, 0) is 19.4 Å². The predicted octanol–water partition coefficient (Wildman–Crippen LogP) is 4.65. The number of pyridine rings is 1. The summed E-state index contributed by atoms with van der Waals surface area (Å²) in [6.07, 6.45) is -7.24. The number of fused-ring (bicyclic) bond motifs is 1. The Balaban J connectivity index is 1.74. The molecule has 13 heteroatoms. The van der Waals surface area contributed by atoms with E-state index in [0.29, 0.717) is 23.6 Å². The van der Waals surface area contributed by atoms with E-state index in [1.807, 2.05) is 0 Å². The number of H-pyrrole nitrogens is 1. The first-order valence-corrected chi connectivity index (χ1v) is 8.86. The van der Waals surface area contributed by atoms with Gasteiger partial charge in [0.15, 0.2) is 0 Å². The number of hydrogen-bond donors (Lipinski definition) is 2. The van der Waals surface area contributed by atoms with Gasteiger partial charge in [0.05, 0.1) is 16.6 Å². The summed E-state index contributed by atoms with van der Waals surface area (Å²) in [7, 11) is 1.50. The molecular weight excluding hydrogens is 442 g/mol. The summed E-state index contributed by atoms with van der Waals surface area (Å²) >= 11 is 0. The number of aryl methyl sites for hydroxylation is 1. The molecule has 1 aromatic carbocycles. The summed E-state index contributed by atoms with van der Waals surface area (Å²) in [6.45, 7) is 0. The van der Waals surface area contributed by atoms with Crippen molar-refractivity contribution in [2.75, 3.05) is 5.32 Å². The van der Waals surface area contributed by atoms with Crippen LogP contribution in [0.15, 0.2) is 42.9 Å². The van der Waals surface area contributed by atoms with Crippen LogP contribution >= 0.6 is 0 Å². The summed E-state index contributed by atoms with van der Waals surface area (Å²) in [5, 5.41) is 6.57. The fraction of sp³-hybridized carbons (Fsp3) is 0.158. The zero-order valence-corrected chi connectivity index (χ0v) is 16.0. The average Bonchev–Trinajstić information content (AvgIpc) is 3.31. The zero-order valence-electron chi connectivity index (χ0n) is 16.0. The van der Waals surface area contributed by atoms with Gasteiger partial charge in [0.1, 0.15) is 12.1 Å². The summed E-state index contributed by atoms with van der Waals surface area (Å²) in [4.78, 5) is 22.7. The van der Waals surface area contributed by atoms with Crippen LogP contribution in [0.4, 0.5) is 32.2 Å². The highest BCUT2D eigenvalue weighted by Crippen LogP contribution is 2.41. The molecule has 0 aliphatic heterocycles. The smallest absolute Gasteiger partial charge is 0.354 e. The number of nitrogens with zero attached hydrogens (tertiary/aromatic N) is 4. The third kappa shape index (κ3) is 4.00. The van der Waals surface area contributed by atoms with Gasteiger partial charge in [0, 0.05) is 36.0 Å². The number of amides is 1. The third-order valence-electron chi connectivity index (χ3n) is 4.60. The first-order valence-electron chi connectivity index (χ1n) is 8.86.